The summed E-state index contributed by atoms with van der Waals surface area (Å²) in [5, 5.41) is 3.09. The Kier molecular flexibility index (Phi) is 4.91. The number of nitrogens with zero attached hydrogens (tertiary/aromatic N) is 2. The second-order valence-electron chi connectivity index (χ2n) is 5.82. The first-order valence-electron chi connectivity index (χ1n) is 7.70. The lowest BCUT2D eigenvalue weighted by molar-refractivity contribution is -0.123. The molecule has 6 heteroatoms. The fourth-order valence-corrected chi connectivity index (χ4v) is 3.06. The minimum Gasteiger partial charge on any atom is -0.347 e. The molecule has 1 aromatic carbocycles. The van der Waals surface area contributed by atoms with Crippen LogP contribution in [0.15, 0.2) is 52.0 Å². The molecule has 1 amide bonds. The first kappa shape index (κ1) is 15.9. The molecule has 1 saturated carbocycles. The molecule has 2 aromatic rings. The Balaban J connectivity index is 1.73. The first-order chi connectivity index (χ1) is 11.1. The maximum Gasteiger partial charge on any atom is 0.347 e. The molecule has 1 N–H and O–H groups in total. The summed E-state index contributed by atoms with van der Waals surface area (Å²) in [6.45, 7) is -0.00752. The molecule has 0 unspecified atom stereocenters. The topological polar surface area (TPSA) is 64.0 Å². The van der Waals surface area contributed by atoms with Crippen LogP contribution < -0.4 is 11.0 Å². The van der Waals surface area contributed by atoms with Crippen LogP contribution in [0.3, 0.4) is 0 Å². The van der Waals surface area contributed by atoms with E-state index >= 15 is 0 Å². The average molecular weight is 376 g/mol. The highest BCUT2D eigenvalue weighted by Crippen LogP contribution is 2.37. The third-order valence-corrected chi connectivity index (χ3v) is 4.79. The SMILES string of the molecule is O=C(Cn1cccnc1=O)N[C@@H](c1ccc(Br)cc1)C1CCC1. The van der Waals surface area contributed by atoms with E-state index in [1.807, 2.05) is 24.3 Å². The van der Waals surface area contributed by atoms with Crippen molar-refractivity contribution in [3.05, 3.63) is 63.2 Å². The molecule has 1 heterocycles. The van der Waals surface area contributed by atoms with E-state index in [2.05, 4.69) is 26.2 Å². The van der Waals surface area contributed by atoms with Gasteiger partial charge in [0.05, 0.1) is 6.04 Å². The van der Waals surface area contributed by atoms with Gasteiger partial charge in [-0.15, -0.1) is 0 Å². The molecule has 23 heavy (non-hydrogen) atoms. The van der Waals surface area contributed by atoms with Crippen LogP contribution in [0.2, 0.25) is 0 Å². The first-order valence-corrected chi connectivity index (χ1v) is 8.49. The van der Waals surface area contributed by atoms with E-state index in [-0.39, 0.29) is 18.5 Å². The third kappa shape index (κ3) is 3.88. The van der Waals surface area contributed by atoms with E-state index in [9.17, 15) is 9.59 Å². The lowest BCUT2D eigenvalue weighted by Crippen LogP contribution is -2.39. The quantitative estimate of drug-likeness (QED) is 0.873. The van der Waals surface area contributed by atoms with Gasteiger partial charge in [0, 0.05) is 16.9 Å². The van der Waals surface area contributed by atoms with Crippen LogP contribution in [0.25, 0.3) is 0 Å². The number of rotatable bonds is 5. The molecule has 1 aliphatic carbocycles. The highest BCUT2D eigenvalue weighted by atomic mass is 79.9. The molecule has 1 aliphatic rings. The maximum atomic E-state index is 12.4. The van der Waals surface area contributed by atoms with Crippen molar-refractivity contribution in [2.75, 3.05) is 0 Å². The Labute approximate surface area is 142 Å². The predicted octanol–water partition coefficient (Wildman–Crippen LogP) is 2.66. The molecule has 1 aromatic heterocycles. The van der Waals surface area contributed by atoms with Crippen molar-refractivity contribution in [2.45, 2.75) is 31.8 Å². The van der Waals surface area contributed by atoms with Crippen molar-refractivity contribution in [1.29, 1.82) is 0 Å². The smallest absolute Gasteiger partial charge is 0.347 e. The van der Waals surface area contributed by atoms with Gasteiger partial charge >= 0.3 is 5.69 Å². The van der Waals surface area contributed by atoms with E-state index in [0.717, 1.165) is 22.9 Å². The summed E-state index contributed by atoms with van der Waals surface area (Å²) in [5.74, 6) is 0.297. The van der Waals surface area contributed by atoms with Crippen molar-refractivity contribution < 1.29 is 4.79 Å². The van der Waals surface area contributed by atoms with E-state index in [1.165, 1.54) is 17.2 Å². The fourth-order valence-electron chi connectivity index (χ4n) is 2.80. The van der Waals surface area contributed by atoms with Crippen LogP contribution in [-0.2, 0) is 11.3 Å². The Morgan fingerprint density at radius 1 is 1.35 bits per heavy atom. The molecule has 3 rings (SSSR count). The average Bonchev–Trinajstić information content (AvgIpc) is 2.48. The van der Waals surface area contributed by atoms with Crippen LogP contribution in [0, 0.1) is 5.92 Å². The van der Waals surface area contributed by atoms with Crippen LogP contribution in [0.4, 0.5) is 0 Å². The van der Waals surface area contributed by atoms with Gasteiger partial charge in [-0.05, 0) is 42.5 Å². The normalized spacial score (nSPS) is 15.7. The van der Waals surface area contributed by atoms with Crippen molar-refractivity contribution in [1.82, 2.24) is 14.9 Å². The lowest BCUT2D eigenvalue weighted by Gasteiger charge is -2.34. The minimum absolute atomic E-state index is 0.00303. The molecule has 0 spiro atoms. The number of nitrogens with one attached hydrogen (secondary N) is 1. The van der Waals surface area contributed by atoms with Crippen LogP contribution >= 0.6 is 15.9 Å². The molecule has 0 bridgehead atoms. The summed E-state index contributed by atoms with van der Waals surface area (Å²) in [6, 6.07) is 9.68. The summed E-state index contributed by atoms with van der Waals surface area (Å²) in [6.07, 6.45) is 6.44. The summed E-state index contributed by atoms with van der Waals surface area (Å²) >= 11 is 3.43. The zero-order valence-electron chi connectivity index (χ0n) is 12.6. The molecule has 0 saturated heterocycles. The van der Waals surface area contributed by atoms with Gasteiger partial charge in [-0.2, -0.15) is 0 Å². The zero-order chi connectivity index (χ0) is 16.2. The number of carbonyl (C=O) groups is 1. The summed E-state index contributed by atoms with van der Waals surface area (Å²) in [7, 11) is 0. The summed E-state index contributed by atoms with van der Waals surface area (Å²) in [5.41, 5.74) is 0.691. The number of carbonyl (C=O) groups excluding carboxylic acids is 1. The van der Waals surface area contributed by atoms with Gasteiger partial charge in [-0.1, -0.05) is 34.5 Å². The summed E-state index contributed by atoms with van der Waals surface area (Å²) < 4.78 is 2.33. The zero-order valence-corrected chi connectivity index (χ0v) is 14.2. The Bertz CT molecular complexity index is 738. The second kappa shape index (κ2) is 7.08. The van der Waals surface area contributed by atoms with E-state index in [1.54, 1.807) is 12.3 Å². The van der Waals surface area contributed by atoms with Crippen LogP contribution in [-0.4, -0.2) is 15.5 Å². The lowest BCUT2D eigenvalue weighted by atomic mass is 9.77. The van der Waals surface area contributed by atoms with E-state index < -0.39 is 5.69 Å². The fraction of sp³-hybridized carbons (Fsp3) is 0.353. The number of hydrogen-bond donors (Lipinski definition) is 1. The second-order valence-corrected chi connectivity index (χ2v) is 6.73. The van der Waals surface area contributed by atoms with Gasteiger partial charge in [0.25, 0.3) is 0 Å². The number of aromatic nitrogens is 2. The third-order valence-electron chi connectivity index (χ3n) is 4.26. The van der Waals surface area contributed by atoms with Gasteiger partial charge in [0.2, 0.25) is 5.91 Å². The Morgan fingerprint density at radius 2 is 2.09 bits per heavy atom. The summed E-state index contributed by atoms with van der Waals surface area (Å²) in [4.78, 5) is 27.6. The molecule has 1 atom stereocenters. The van der Waals surface area contributed by atoms with Gasteiger partial charge in [0.15, 0.2) is 0 Å². The molecular weight excluding hydrogens is 358 g/mol. The number of hydrogen-bond acceptors (Lipinski definition) is 3. The largest absolute Gasteiger partial charge is 0.347 e. The maximum absolute atomic E-state index is 12.4. The number of halogens is 1. The van der Waals surface area contributed by atoms with Crippen molar-refractivity contribution in [3.8, 4) is 0 Å². The van der Waals surface area contributed by atoms with Crippen LogP contribution in [0.5, 0.6) is 0 Å². The number of benzene rings is 1. The monoisotopic (exact) mass is 375 g/mol. The minimum atomic E-state index is -0.411. The predicted molar refractivity (Wildman–Crippen MR) is 90.9 cm³/mol. The van der Waals surface area contributed by atoms with E-state index in [4.69, 9.17) is 0 Å². The molecular formula is C17H18BrN3O2. The Morgan fingerprint density at radius 3 is 2.70 bits per heavy atom. The van der Waals surface area contributed by atoms with Gasteiger partial charge < -0.3 is 5.32 Å². The molecule has 5 nitrogen and oxygen atoms in total. The van der Waals surface area contributed by atoms with Crippen molar-refractivity contribution in [3.63, 3.8) is 0 Å². The highest BCUT2D eigenvalue weighted by molar-refractivity contribution is 9.10. The number of amides is 1. The van der Waals surface area contributed by atoms with Crippen molar-refractivity contribution in [2.24, 2.45) is 5.92 Å². The molecule has 1 fully saturated rings. The van der Waals surface area contributed by atoms with Crippen molar-refractivity contribution >= 4 is 21.8 Å². The van der Waals surface area contributed by atoms with Gasteiger partial charge in [-0.25, -0.2) is 9.78 Å². The highest BCUT2D eigenvalue weighted by Gasteiger charge is 2.29. The molecule has 0 radical (unpaired) electrons. The molecule has 120 valence electrons. The standard InChI is InChI=1S/C17H18BrN3O2/c18-14-7-5-13(6-8-14)16(12-3-1-4-12)20-15(22)11-21-10-2-9-19-17(21)23/h2,5-10,12,16H,1,3-4,11H2,(H,20,22)/t16-/m1/s1. The Hall–Kier alpha value is -1.95. The van der Waals surface area contributed by atoms with Gasteiger partial charge in [0.1, 0.15) is 6.54 Å². The van der Waals surface area contributed by atoms with Gasteiger partial charge in [-0.3, -0.25) is 9.36 Å². The van der Waals surface area contributed by atoms with E-state index in [0.29, 0.717) is 5.92 Å². The van der Waals surface area contributed by atoms with Crippen LogP contribution in [0.1, 0.15) is 30.9 Å². The molecule has 0 aliphatic heterocycles.